The van der Waals surface area contributed by atoms with Crippen molar-refractivity contribution in [2.24, 2.45) is 5.73 Å². The summed E-state index contributed by atoms with van der Waals surface area (Å²) in [5, 5.41) is 6.02. The van der Waals surface area contributed by atoms with E-state index in [2.05, 4.69) is 26.1 Å². The quantitative estimate of drug-likeness (QED) is 0.779. The Hall–Kier alpha value is -1.50. The molecule has 0 aliphatic carbocycles. The van der Waals surface area contributed by atoms with Crippen LogP contribution in [0.5, 0.6) is 0 Å². The van der Waals surface area contributed by atoms with E-state index in [0.717, 1.165) is 21.3 Å². The smallest absolute Gasteiger partial charge is 0.258 e. The third kappa shape index (κ3) is 2.82. The lowest BCUT2D eigenvalue weighted by Gasteiger charge is -1.99. The molecule has 3 aromatic rings. The zero-order valence-electron chi connectivity index (χ0n) is 10.5. The second-order valence-corrected chi connectivity index (χ2v) is 6.12. The maximum Gasteiger partial charge on any atom is 0.258 e. The van der Waals surface area contributed by atoms with Crippen molar-refractivity contribution in [1.82, 2.24) is 10.1 Å². The van der Waals surface area contributed by atoms with Crippen LogP contribution in [0, 0.1) is 0 Å². The molecule has 0 spiro atoms. The summed E-state index contributed by atoms with van der Waals surface area (Å²) in [7, 11) is 0. The van der Waals surface area contributed by atoms with Gasteiger partial charge in [0, 0.05) is 15.4 Å². The van der Waals surface area contributed by atoms with Gasteiger partial charge in [-0.2, -0.15) is 4.98 Å². The summed E-state index contributed by atoms with van der Waals surface area (Å²) < 4.78 is 6.37. The zero-order chi connectivity index (χ0) is 13.9. The second-order valence-electron chi connectivity index (χ2n) is 4.29. The average molecular weight is 350 g/mol. The highest BCUT2D eigenvalue weighted by molar-refractivity contribution is 9.10. The number of thiophene rings is 1. The number of nitrogens with two attached hydrogens (primary N) is 1. The van der Waals surface area contributed by atoms with Crippen molar-refractivity contribution in [3.05, 3.63) is 45.7 Å². The van der Waals surface area contributed by atoms with Gasteiger partial charge >= 0.3 is 0 Å². The molecule has 0 fully saturated rings. The van der Waals surface area contributed by atoms with Crippen LogP contribution >= 0.6 is 27.3 Å². The number of rotatable bonds is 4. The number of aromatic nitrogens is 2. The maximum absolute atomic E-state index is 5.58. The third-order valence-corrected chi connectivity index (χ3v) is 4.51. The van der Waals surface area contributed by atoms with Gasteiger partial charge in [-0.25, -0.2) is 0 Å². The lowest BCUT2D eigenvalue weighted by molar-refractivity contribution is 0.432. The van der Waals surface area contributed by atoms with Gasteiger partial charge in [-0.1, -0.05) is 17.3 Å². The number of hydrogen-bond donors (Lipinski definition) is 1. The molecule has 2 aromatic heterocycles. The van der Waals surface area contributed by atoms with Crippen molar-refractivity contribution in [3.8, 4) is 22.2 Å². The van der Waals surface area contributed by atoms with Crippen LogP contribution in [0.15, 0.2) is 44.7 Å². The van der Waals surface area contributed by atoms with Crippen LogP contribution in [0.1, 0.15) is 5.56 Å². The van der Waals surface area contributed by atoms with Crippen LogP contribution in [0.25, 0.3) is 22.2 Å². The normalized spacial score (nSPS) is 10.9. The average Bonchev–Trinajstić information content (AvgIpc) is 3.08. The number of benzene rings is 1. The Morgan fingerprint density at radius 1 is 1.30 bits per heavy atom. The molecule has 2 heterocycles. The molecule has 102 valence electrons. The Bertz CT molecular complexity index is 723. The summed E-state index contributed by atoms with van der Waals surface area (Å²) in [6.45, 7) is 0.627. The van der Waals surface area contributed by atoms with E-state index in [9.17, 15) is 0 Å². The van der Waals surface area contributed by atoms with Crippen molar-refractivity contribution in [2.75, 3.05) is 6.54 Å². The van der Waals surface area contributed by atoms with Crippen LogP contribution < -0.4 is 5.73 Å². The minimum Gasteiger partial charge on any atom is -0.334 e. The maximum atomic E-state index is 5.58. The van der Waals surface area contributed by atoms with Crippen molar-refractivity contribution in [1.29, 1.82) is 0 Å². The topological polar surface area (TPSA) is 64.9 Å². The largest absolute Gasteiger partial charge is 0.334 e. The predicted octanol–water partition coefficient (Wildman–Crippen LogP) is 3.73. The van der Waals surface area contributed by atoms with Crippen LogP contribution in [0.4, 0.5) is 0 Å². The highest BCUT2D eigenvalue weighted by atomic mass is 79.9. The minimum absolute atomic E-state index is 0.531. The lowest BCUT2D eigenvalue weighted by atomic mass is 10.1. The molecule has 0 bridgehead atoms. The molecule has 0 unspecified atom stereocenters. The fourth-order valence-electron chi connectivity index (χ4n) is 1.90. The van der Waals surface area contributed by atoms with E-state index in [1.807, 2.05) is 35.7 Å². The second kappa shape index (κ2) is 5.87. The van der Waals surface area contributed by atoms with E-state index in [-0.39, 0.29) is 0 Å². The molecule has 6 heteroatoms. The molecule has 0 saturated carbocycles. The molecule has 0 aliphatic heterocycles. The number of halogens is 1. The van der Waals surface area contributed by atoms with Crippen LogP contribution in [0.2, 0.25) is 0 Å². The summed E-state index contributed by atoms with van der Waals surface area (Å²) >= 11 is 4.99. The Kier molecular flexibility index (Phi) is 3.95. The van der Waals surface area contributed by atoms with E-state index in [1.54, 1.807) is 11.3 Å². The van der Waals surface area contributed by atoms with Gasteiger partial charge in [-0.15, -0.1) is 11.3 Å². The molecular weight excluding hydrogens is 338 g/mol. The Morgan fingerprint density at radius 2 is 2.20 bits per heavy atom. The molecule has 2 N–H and O–H groups in total. The summed E-state index contributed by atoms with van der Waals surface area (Å²) in [5.41, 5.74) is 7.67. The summed E-state index contributed by atoms with van der Waals surface area (Å²) in [6, 6.07) is 10.00. The minimum atomic E-state index is 0.531. The SMILES string of the molecule is NCCc1cccc(-c2nc(-c3cc(Br)cs3)no2)c1. The first-order valence-corrected chi connectivity index (χ1v) is 7.81. The van der Waals surface area contributed by atoms with E-state index in [4.69, 9.17) is 10.3 Å². The first-order chi connectivity index (χ1) is 9.76. The van der Waals surface area contributed by atoms with Crippen molar-refractivity contribution in [2.45, 2.75) is 6.42 Å². The number of hydrogen-bond acceptors (Lipinski definition) is 5. The molecule has 0 radical (unpaired) electrons. The first-order valence-electron chi connectivity index (χ1n) is 6.14. The third-order valence-electron chi connectivity index (χ3n) is 2.82. The van der Waals surface area contributed by atoms with Crippen LogP contribution in [-0.2, 0) is 6.42 Å². The fourth-order valence-corrected chi connectivity index (χ4v) is 3.25. The summed E-state index contributed by atoms with van der Waals surface area (Å²) in [4.78, 5) is 5.42. The van der Waals surface area contributed by atoms with Gasteiger partial charge in [0.1, 0.15) is 0 Å². The highest BCUT2D eigenvalue weighted by Crippen LogP contribution is 2.29. The van der Waals surface area contributed by atoms with Gasteiger partial charge in [-0.3, -0.25) is 0 Å². The summed E-state index contributed by atoms with van der Waals surface area (Å²) in [5.74, 6) is 1.14. The van der Waals surface area contributed by atoms with Gasteiger partial charge < -0.3 is 10.3 Å². The standard InChI is InChI=1S/C14H12BrN3OS/c15-11-7-12(20-8-11)13-17-14(19-18-13)10-3-1-2-9(6-10)4-5-16/h1-3,6-8H,4-5,16H2. The molecular formula is C14H12BrN3OS. The van der Waals surface area contributed by atoms with E-state index < -0.39 is 0 Å². The van der Waals surface area contributed by atoms with Crippen LogP contribution in [-0.4, -0.2) is 16.7 Å². The molecule has 20 heavy (non-hydrogen) atoms. The lowest BCUT2D eigenvalue weighted by Crippen LogP contribution is -2.02. The van der Waals surface area contributed by atoms with E-state index >= 15 is 0 Å². The molecule has 3 rings (SSSR count). The van der Waals surface area contributed by atoms with Crippen molar-refractivity contribution >= 4 is 27.3 Å². The number of nitrogens with zero attached hydrogens (tertiary/aromatic N) is 2. The van der Waals surface area contributed by atoms with Gasteiger partial charge in [-0.05, 0) is 52.7 Å². The monoisotopic (exact) mass is 349 g/mol. The molecule has 0 aliphatic rings. The summed E-state index contributed by atoms with van der Waals surface area (Å²) in [6.07, 6.45) is 0.840. The van der Waals surface area contributed by atoms with E-state index in [0.29, 0.717) is 18.3 Å². The zero-order valence-corrected chi connectivity index (χ0v) is 12.9. The van der Waals surface area contributed by atoms with Gasteiger partial charge in [0.05, 0.1) is 4.88 Å². The first kappa shape index (κ1) is 13.5. The Morgan fingerprint density at radius 3 is 2.95 bits per heavy atom. The van der Waals surface area contributed by atoms with Gasteiger partial charge in [0.15, 0.2) is 0 Å². The van der Waals surface area contributed by atoms with Gasteiger partial charge in [0.25, 0.3) is 5.89 Å². The van der Waals surface area contributed by atoms with Crippen LogP contribution in [0.3, 0.4) is 0 Å². The fraction of sp³-hybridized carbons (Fsp3) is 0.143. The van der Waals surface area contributed by atoms with E-state index in [1.165, 1.54) is 5.56 Å². The molecule has 4 nitrogen and oxygen atoms in total. The van der Waals surface area contributed by atoms with Gasteiger partial charge in [0.2, 0.25) is 5.82 Å². The Labute approximate surface area is 128 Å². The Balaban J connectivity index is 1.91. The predicted molar refractivity (Wildman–Crippen MR) is 83.5 cm³/mol. The molecule has 1 aromatic carbocycles. The molecule has 0 amide bonds. The highest BCUT2D eigenvalue weighted by Gasteiger charge is 2.12. The van der Waals surface area contributed by atoms with Crippen molar-refractivity contribution < 1.29 is 4.52 Å². The van der Waals surface area contributed by atoms with Crippen molar-refractivity contribution in [3.63, 3.8) is 0 Å². The molecule has 0 atom stereocenters. The molecule has 0 saturated heterocycles.